The number of hydrogen-bond acceptors (Lipinski definition) is 1. The molecule has 1 unspecified atom stereocenters. The molecular formula is C11H14FNO. The van der Waals surface area contributed by atoms with Crippen LogP contribution in [0.2, 0.25) is 0 Å². The maximum atomic E-state index is 12.6. The van der Waals surface area contributed by atoms with Gasteiger partial charge in [0.2, 0.25) is 5.91 Å². The number of halogens is 1. The van der Waals surface area contributed by atoms with Crippen molar-refractivity contribution in [2.45, 2.75) is 26.3 Å². The fourth-order valence-corrected chi connectivity index (χ4v) is 1.37. The van der Waals surface area contributed by atoms with Crippen LogP contribution in [0.4, 0.5) is 4.39 Å². The van der Waals surface area contributed by atoms with E-state index >= 15 is 0 Å². The molecule has 3 heteroatoms. The van der Waals surface area contributed by atoms with Gasteiger partial charge in [-0.15, -0.1) is 0 Å². The van der Waals surface area contributed by atoms with Gasteiger partial charge in [-0.3, -0.25) is 4.79 Å². The number of carbonyl (C=O) groups is 1. The normalized spacial score (nSPS) is 12.2. The number of hydrogen-bond donors (Lipinski definition) is 1. The van der Waals surface area contributed by atoms with Gasteiger partial charge < -0.3 is 5.32 Å². The van der Waals surface area contributed by atoms with Crippen LogP contribution in [0.5, 0.6) is 0 Å². The summed E-state index contributed by atoms with van der Waals surface area (Å²) < 4.78 is 12.6. The van der Waals surface area contributed by atoms with E-state index in [0.717, 1.165) is 12.0 Å². The van der Waals surface area contributed by atoms with Crippen LogP contribution in [-0.2, 0) is 11.2 Å². The van der Waals surface area contributed by atoms with Gasteiger partial charge in [0, 0.05) is 13.0 Å². The van der Waals surface area contributed by atoms with Crippen molar-refractivity contribution in [3.63, 3.8) is 0 Å². The second-order valence-electron chi connectivity index (χ2n) is 3.43. The van der Waals surface area contributed by atoms with Gasteiger partial charge >= 0.3 is 0 Å². The maximum absolute atomic E-state index is 12.6. The molecule has 1 N–H and O–H groups in total. The Morgan fingerprint density at radius 1 is 1.43 bits per heavy atom. The van der Waals surface area contributed by atoms with Gasteiger partial charge in [-0.25, -0.2) is 4.39 Å². The third kappa shape index (κ3) is 3.56. The van der Waals surface area contributed by atoms with Crippen LogP contribution >= 0.6 is 0 Å². The zero-order valence-electron chi connectivity index (χ0n) is 8.38. The van der Waals surface area contributed by atoms with Gasteiger partial charge in [-0.05, 0) is 31.0 Å². The van der Waals surface area contributed by atoms with E-state index in [1.54, 1.807) is 12.1 Å². The summed E-state index contributed by atoms with van der Waals surface area (Å²) in [6, 6.07) is 6.39. The molecule has 0 saturated carbocycles. The lowest BCUT2D eigenvalue weighted by molar-refractivity contribution is -0.119. The van der Waals surface area contributed by atoms with Crippen LogP contribution < -0.4 is 5.32 Å². The largest absolute Gasteiger partial charge is 0.354 e. The summed E-state index contributed by atoms with van der Waals surface area (Å²) in [7, 11) is 0. The molecule has 1 amide bonds. The van der Waals surface area contributed by atoms with Crippen molar-refractivity contribution < 1.29 is 9.18 Å². The van der Waals surface area contributed by atoms with Crippen molar-refractivity contribution in [1.82, 2.24) is 5.32 Å². The second-order valence-corrected chi connectivity index (χ2v) is 3.43. The third-order valence-corrected chi connectivity index (χ3v) is 1.90. The fraction of sp³-hybridized carbons (Fsp3) is 0.364. The summed E-state index contributed by atoms with van der Waals surface area (Å²) >= 11 is 0. The molecule has 14 heavy (non-hydrogen) atoms. The molecule has 1 aromatic rings. The smallest absolute Gasteiger partial charge is 0.217 e. The SMILES string of the molecule is CC(=O)NC(C)Cc1ccc(F)cc1. The van der Waals surface area contributed by atoms with Gasteiger partial charge in [-0.1, -0.05) is 12.1 Å². The zero-order valence-corrected chi connectivity index (χ0v) is 8.38. The zero-order chi connectivity index (χ0) is 10.6. The van der Waals surface area contributed by atoms with Crippen LogP contribution in [0, 0.1) is 5.82 Å². The molecule has 2 nitrogen and oxygen atoms in total. The average Bonchev–Trinajstić information content (AvgIpc) is 2.07. The van der Waals surface area contributed by atoms with Crippen LogP contribution in [0.3, 0.4) is 0 Å². The predicted octanol–water partition coefficient (Wildman–Crippen LogP) is 1.89. The van der Waals surface area contributed by atoms with E-state index in [1.165, 1.54) is 19.1 Å². The Balaban J connectivity index is 2.51. The summed E-state index contributed by atoms with van der Waals surface area (Å²) in [6.45, 7) is 3.41. The van der Waals surface area contributed by atoms with Crippen LogP contribution in [-0.4, -0.2) is 11.9 Å². The number of rotatable bonds is 3. The standard InChI is InChI=1S/C11H14FNO/c1-8(13-9(2)14)7-10-3-5-11(12)6-4-10/h3-6,8H,7H2,1-2H3,(H,13,14). The monoisotopic (exact) mass is 195 g/mol. The Bertz CT molecular complexity index is 308. The predicted molar refractivity (Wildman–Crippen MR) is 53.4 cm³/mol. The highest BCUT2D eigenvalue weighted by atomic mass is 19.1. The lowest BCUT2D eigenvalue weighted by Gasteiger charge is -2.11. The molecule has 0 spiro atoms. The molecule has 0 fully saturated rings. The molecular weight excluding hydrogens is 181 g/mol. The molecule has 0 aromatic heterocycles. The summed E-state index contributed by atoms with van der Waals surface area (Å²) in [5, 5.41) is 2.77. The van der Waals surface area contributed by atoms with Crippen LogP contribution in [0.25, 0.3) is 0 Å². The molecule has 0 aliphatic carbocycles. The van der Waals surface area contributed by atoms with Crippen molar-refractivity contribution in [2.24, 2.45) is 0 Å². The molecule has 76 valence electrons. The first-order chi connectivity index (χ1) is 6.58. The Labute approximate surface area is 83.1 Å². The average molecular weight is 195 g/mol. The lowest BCUT2D eigenvalue weighted by Crippen LogP contribution is -2.31. The van der Waals surface area contributed by atoms with E-state index in [4.69, 9.17) is 0 Å². The number of benzene rings is 1. The van der Waals surface area contributed by atoms with Gasteiger partial charge in [-0.2, -0.15) is 0 Å². The minimum atomic E-state index is -0.235. The first kappa shape index (κ1) is 10.7. The molecule has 0 radical (unpaired) electrons. The highest BCUT2D eigenvalue weighted by Crippen LogP contribution is 2.05. The van der Waals surface area contributed by atoms with E-state index in [1.807, 2.05) is 6.92 Å². The Kier molecular flexibility index (Phi) is 3.63. The molecule has 1 atom stereocenters. The molecule has 0 bridgehead atoms. The van der Waals surface area contributed by atoms with Crippen molar-refractivity contribution in [1.29, 1.82) is 0 Å². The number of nitrogens with one attached hydrogen (secondary N) is 1. The first-order valence-corrected chi connectivity index (χ1v) is 4.59. The quantitative estimate of drug-likeness (QED) is 0.784. The Morgan fingerprint density at radius 2 is 2.00 bits per heavy atom. The number of carbonyl (C=O) groups excluding carboxylic acids is 1. The van der Waals surface area contributed by atoms with Crippen molar-refractivity contribution in [3.05, 3.63) is 35.6 Å². The van der Waals surface area contributed by atoms with E-state index < -0.39 is 0 Å². The topological polar surface area (TPSA) is 29.1 Å². The Morgan fingerprint density at radius 3 is 2.50 bits per heavy atom. The van der Waals surface area contributed by atoms with Gasteiger partial charge in [0.15, 0.2) is 0 Å². The van der Waals surface area contributed by atoms with E-state index in [0.29, 0.717) is 0 Å². The molecule has 0 aliphatic rings. The number of amides is 1. The summed E-state index contributed by atoms with van der Waals surface area (Å²) in [4.78, 5) is 10.7. The van der Waals surface area contributed by atoms with E-state index in [2.05, 4.69) is 5.32 Å². The molecule has 0 heterocycles. The summed E-state index contributed by atoms with van der Waals surface area (Å²) in [6.07, 6.45) is 0.722. The molecule has 0 aliphatic heterocycles. The second kappa shape index (κ2) is 4.74. The summed E-state index contributed by atoms with van der Waals surface area (Å²) in [5.41, 5.74) is 1.02. The van der Waals surface area contributed by atoms with Crippen LogP contribution in [0.15, 0.2) is 24.3 Å². The highest BCUT2D eigenvalue weighted by Gasteiger charge is 2.04. The van der Waals surface area contributed by atoms with E-state index in [9.17, 15) is 9.18 Å². The van der Waals surface area contributed by atoms with Gasteiger partial charge in [0.25, 0.3) is 0 Å². The van der Waals surface area contributed by atoms with Crippen molar-refractivity contribution in [2.75, 3.05) is 0 Å². The highest BCUT2D eigenvalue weighted by molar-refractivity contribution is 5.73. The van der Waals surface area contributed by atoms with Crippen molar-refractivity contribution in [3.8, 4) is 0 Å². The fourth-order valence-electron chi connectivity index (χ4n) is 1.37. The first-order valence-electron chi connectivity index (χ1n) is 4.59. The van der Waals surface area contributed by atoms with Crippen molar-refractivity contribution >= 4 is 5.91 Å². The van der Waals surface area contributed by atoms with Crippen LogP contribution in [0.1, 0.15) is 19.4 Å². The lowest BCUT2D eigenvalue weighted by atomic mass is 10.1. The van der Waals surface area contributed by atoms with Gasteiger partial charge in [0.1, 0.15) is 5.82 Å². The third-order valence-electron chi connectivity index (χ3n) is 1.90. The summed E-state index contributed by atoms with van der Waals surface area (Å²) in [5.74, 6) is -0.277. The van der Waals surface area contributed by atoms with E-state index in [-0.39, 0.29) is 17.8 Å². The Hall–Kier alpha value is -1.38. The maximum Gasteiger partial charge on any atom is 0.217 e. The molecule has 0 saturated heterocycles. The molecule has 1 aromatic carbocycles. The minimum Gasteiger partial charge on any atom is -0.354 e. The minimum absolute atomic E-state index is 0.0420. The van der Waals surface area contributed by atoms with Gasteiger partial charge in [0.05, 0.1) is 0 Å². The molecule has 1 rings (SSSR count).